The largest absolute Gasteiger partial charge is 0.482 e. The summed E-state index contributed by atoms with van der Waals surface area (Å²) in [5, 5.41) is 11.7. The number of aliphatic carboxylic acids is 1. The van der Waals surface area contributed by atoms with Gasteiger partial charge in [-0.2, -0.15) is 4.37 Å². The van der Waals surface area contributed by atoms with E-state index >= 15 is 0 Å². The molecule has 0 saturated heterocycles. The highest BCUT2D eigenvalue weighted by Gasteiger charge is 2.18. The number of nitrogens with zero attached hydrogens (tertiary/aromatic N) is 3. The average molecular weight is 553 g/mol. The number of ether oxygens (including phenoxy) is 2. The molecule has 0 aliphatic heterocycles. The molecule has 5 rings (SSSR count). The summed E-state index contributed by atoms with van der Waals surface area (Å²) in [6, 6.07) is 28.2. The van der Waals surface area contributed by atoms with Gasteiger partial charge in [0.2, 0.25) is 5.88 Å². The van der Waals surface area contributed by atoms with Gasteiger partial charge in [0.15, 0.2) is 6.61 Å². The number of hydrogen-bond donors (Lipinski definition) is 2. The zero-order chi connectivity index (χ0) is 27.7. The molecule has 10 heteroatoms. The van der Waals surface area contributed by atoms with E-state index in [2.05, 4.69) is 19.0 Å². The number of aromatic nitrogens is 3. The van der Waals surface area contributed by atoms with Crippen LogP contribution in [0.2, 0.25) is 0 Å². The van der Waals surface area contributed by atoms with E-state index in [4.69, 9.17) is 14.6 Å². The van der Waals surface area contributed by atoms with Crippen molar-refractivity contribution in [3.05, 3.63) is 120 Å². The van der Waals surface area contributed by atoms with E-state index < -0.39 is 5.97 Å². The molecule has 40 heavy (non-hydrogen) atoms. The van der Waals surface area contributed by atoms with Gasteiger partial charge in [-0.25, -0.2) is 9.78 Å². The fourth-order valence-corrected chi connectivity index (χ4v) is 4.39. The molecule has 0 atom stereocenters. The van der Waals surface area contributed by atoms with Gasteiger partial charge in [0.05, 0.1) is 11.7 Å². The molecule has 0 bridgehead atoms. The monoisotopic (exact) mass is 552 g/mol. The number of rotatable bonds is 11. The van der Waals surface area contributed by atoms with E-state index in [1.165, 1.54) is 0 Å². The molecule has 9 nitrogen and oxygen atoms in total. The van der Waals surface area contributed by atoms with E-state index in [1.54, 1.807) is 30.5 Å². The number of nitrogens with one attached hydrogen (secondary N) is 1. The van der Waals surface area contributed by atoms with Crippen molar-refractivity contribution in [3.63, 3.8) is 0 Å². The lowest BCUT2D eigenvalue weighted by molar-refractivity contribution is -0.139. The molecule has 1 amide bonds. The predicted molar refractivity (Wildman–Crippen MR) is 150 cm³/mol. The van der Waals surface area contributed by atoms with Crippen molar-refractivity contribution in [3.8, 4) is 28.6 Å². The summed E-state index contributed by atoms with van der Waals surface area (Å²) in [7, 11) is 0. The second-order valence-electron chi connectivity index (χ2n) is 8.72. The standard InChI is InChI=1S/C30H24N4O5S/c35-27(36)19-38-24-14-12-23(13-15-24)22-10-8-21(9-11-22)18-32-28(37)25-7-4-16-31-29(25)39-30-26(33-40-34-30)17-20-5-2-1-3-6-20/h1-16H,17-19H2,(H,32,37)(H,35,36). The number of benzene rings is 3. The zero-order valence-corrected chi connectivity index (χ0v) is 22.0. The third kappa shape index (κ3) is 6.86. The lowest BCUT2D eigenvalue weighted by atomic mass is 10.0. The summed E-state index contributed by atoms with van der Waals surface area (Å²) in [4.78, 5) is 28.0. The number of carboxylic acids is 1. The number of pyridine rings is 1. The van der Waals surface area contributed by atoms with Gasteiger partial charge in [-0.15, -0.1) is 4.37 Å². The Hall–Kier alpha value is -5.09. The second kappa shape index (κ2) is 12.6. The summed E-state index contributed by atoms with van der Waals surface area (Å²) in [5.74, 6) is -0.366. The van der Waals surface area contributed by atoms with Gasteiger partial charge in [-0.05, 0) is 46.5 Å². The van der Waals surface area contributed by atoms with E-state index in [-0.39, 0.29) is 18.4 Å². The molecular formula is C30H24N4O5S. The predicted octanol–water partition coefficient (Wildman–Crippen LogP) is 5.38. The first-order chi connectivity index (χ1) is 19.5. The molecule has 2 aromatic heterocycles. The molecule has 0 saturated carbocycles. The molecule has 0 aliphatic carbocycles. The number of amides is 1. The Bertz CT molecular complexity index is 1590. The number of carbonyl (C=O) groups excluding carboxylic acids is 1. The van der Waals surface area contributed by atoms with Crippen LogP contribution in [0.5, 0.6) is 17.5 Å². The van der Waals surface area contributed by atoms with Crippen molar-refractivity contribution in [2.24, 2.45) is 0 Å². The van der Waals surface area contributed by atoms with Gasteiger partial charge in [0.1, 0.15) is 17.0 Å². The normalized spacial score (nSPS) is 10.6. The first kappa shape index (κ1) is 26.5. The molecule has 0 aliphatic rings. The maximum Gasteiger partial charge on any atom is 0.341 e. The average Bonchev–Trinajstić information content (AvgIpc) is 3.42. The van der Waals surface area contributed by atoms with Crippen molar-refractivity contribution in [1.29, 1.82) is 0 Å². The highest BCUT2D eigenvalue weighted by Crippen LogP contribution is 2.27. The van der Waals surface area contributed by atoms with Crippen LogP contribution in [0.4, 0.5) is 0 Å². The Labute approximate surface area is 234 Å². The SMILES string of the molecule is O=C(O)COc1ccc(-c2ccc(CNC(=O)c3cccnc3Oc3nsnc3Cc3ccccc3)cc2)cc1. The summed E-state index contributed by atoms with van der Waals surface area (Å²) in [5.41, 5.74) is 4.90. The maximum atomic E-state index is 13.0. The topological polar surface area (TPSA) is 124 Å². The Morgan fingerprint density at radius 1 is 0.800 bits per heavy atom. The molecule has 0 fully saturated rings. The second-order valence-corrected chi connectivity index (χ2v) is 9.25. The van der Waals surface area contributed by atoms with Gasteiger partial charge in [0.25, 0.3) is 11.8 Å². The van der Waals surface area contributed by atoms with Crippen LogP contribution in [0.3, 0.4) is 0 Å². The molecule has 0 radical (unpaired) electrons. The Morgan fingerprint density at radius 2 is 1.52 bits per heavy atom. The molecule has 3 aromatic carbocycles. The molecule has 5 aromatic rings. The van der Waals surface area contributed by atoms with Gasteiger partial charge in [-0.3, -0.25) is 4.79 Å². The number of carbonyl (C=O) groups is 2. The molecule has 2 heterocycles. The molecule has 0 unspecified atom stereocenters. The van der Waals surface area contributed by atoms with Crippen LogP contribution in [0.15, 0.2) is 97.2 Å². The van der Waals surface area contributed by atoms with E-state index in [1.807, 2.05) is 66.7 Å². The Balaban J connectivity index is 1.20. The van der Waals surface area contributed by atoms with Gasteiger partial charge in [-0.1, -0.05) is 66.7 Å². The van der Waals surface area contributed by atoms with E-state index in [0.717, 1.165) is 34.0 Å². The minimum atomic E-state index is -1.02. The molecular weight excluding hydrogens is 528 g/mol. The summed E-state index contributed by atoms with van der Waals surface area (Å²) < 4.78 is 19.7. The summed E-state index contributed by atoms with van der Waals surface area (Å²) in [6.45, 7) is -0.0727. The fourth-order valence-electron chi connectivity index (χ4n) is 3.89. The molecule has 0 spiro atoms. The highest BCUT2D eigenvalue weighted by molar-refractivity contribution is 6.99. The molecule has 200 valence electrons. The van der Waals surface area contributed by atoms with Crippen LogP contribution >= 0.6 is 11.7 Å². The highest BCUT2D eigenvalue weighted by atomic mass is 32.1. The lowest BCUT2D eigenvalue weighted by Gasteiger charge is -2.10. The smallest absolute Gasteiger partial charge is 0.341 e. The maximum absolute atomic E-state index is 13.0. The Kier molecular flexibility index (Phi) is 8.38. The van der Waals surface area contributed by atoms with Gasteiger partial charge < -0.3 is 19.9 Å². The van der Waals surface area contributed by atoms with Crippen molar-refractivity contribution < 1.29 is 24.2 Å². The van der Waals surface area contributed by atoms with Crippen molar-refractivity contribution in [1.82, 2.24) is 19.0 Å². The molecule has 2 N–H and O–H groups in total. The van der Waals surface area contributed by atoms with E-state index in [0.29, 0.717) is 35.9 Å². The summed E-state index contributed by atoms with van der Waals surface area (Å²) in [6.07, 6.45) is 2.12. The minimum Gasteiger partial charge on any atom is -0.482 e. The fraction of sp³-hybridized carbons (Fsp3) is 0.100. The van der Waals surface area contributed by atoms with Crippen LogP contribution in [-0.4, -0.2) is 37.3 Å². The third-order valence-corrected chi connectivity index (χ3v) is 6.45. The lowest BCUT2D eigenvalue weighted by Crippen LogP contribution is -2.23. The van der Waals surface area contributed by atoms with Gasteiger partial charge in [0, 0.05) is 19.2 Å². The Morgan fingerprint density at radius 3 is 2.25 bits per heavy atom. The quantitative estimate of drug-likeness (QED) is 0.224. The van der Waals surface area contributed by atoms with Crippen LogP contribution in [0.25, 0.3) is 11.1 Å². The van der Waals surface area contributed by atoms with Crippen molar-refractivity contribution in [2.45, 2.75) is 13.0 Å². The number of hydrogen-bond acceptors (Lipinski definition) is 8. The minimum absolute atomic E-state index is 0.160. The summed E-state index contributed by atoms with van der Waals surface area (Å²) >= 11 is 1.05. The van der Waals surface area contributed by atoms with Crippen molar-refractivity contribution in [2.75, 3.05) is 6.61 Å². The van der Waals surface area contributed by atoms with E-state index in [9.17, 15) is 9.59 Å². The van der Waals surface area contributed by atoms with Crippen LogP contribution in [-0.2, 0) is 17.8 Å². The first-order valence-corrected chi connectivity index (χ1v) is 13.1. The van der Waals surface area contributed by atoms with Crippen LogP contribution in [0, 0.1) is 0 Å². The van der Waals surface area contributed by atoms with Crippen LogP contribution < -0.4 is 14.8 Å². The van der Waals surface area contributed by atoms with Crippen molar-refractivity contribution >= 4 is 23.6 Å². The number of carboxylic acid groups (broad SMARTS) is 1. The first-order valence-electron chi connectivity index (χ1n) is 12.4. The van der Waals surface area contributed by atoms with Crippen LogP contribution in [0.1, 0.15) is 27.2 Å². The van der Waals surface area contributed by atoms with Gasteiger partial charge >= 0.3 is 5.97 Å². The zero-order valence-electron chi connectivity index (χ0n) is 21.2. The third-order valence-electron chi connectivity index (χ3n) is 5.90.